The van der Waals surface area contributed by atoms with Crippen LogP contribution in [0.5, 0.6) is 17.2 Å². The van der Waals surface area contributed by atoms with E-state index in [4.69, 9.17) is 19.9 Å². The van der Waals surface area contributed by atoms with Crippen molar-refractivity contribution in [3.05, 3.63) is 136 Å². The molecule has 8 heteroatoms. The maximum Gasteiger partial charge on any atom is 0.343 e. The summed E-state index contributed by atoms with van der Waals surface area (Å²) >= 11 is 0. The van der Waals surface area contributed by atoms with Crippen molar-refractivity contribution in [2.24, 2.45) is 5.73 Å². The number of nitrogens with two attached hydrogens (primary N) is 1. The molecule has 1 aliphatic heterocycles. The van der Waals surface area contributed by atoms with Gasteiger partial charge in [-0.15, -0.1) is 0 Å². The molecule has 188 valence electrons. The molecule has 1 aliphatic rings. The van der Waals surface area contributed by atoms with E-state index < -0.39 is 17.7 Å². The lowest BCUT2D eigenvalue weighted by Gasteiger charge is -2.27. The molecule has 0 bridgehead atoms. The molecule has 0 amide bonds. The minimum atomic E-state index is -0.662. The van der Waals surface area contributed by atoms with Crippen LogP contribution >= 0.6 is 0 Å². The molecule has 1 heterocycles. The summed E-state index contributed by atoms with van der Waals surface area (Å²) in [4.78, 5) is 12.5. The number of nitriles is 1. The largest absolute Gasteiger partial charge is 0.489 e. The van der Waals surface area contributed by atoms with Crippen LogP contribution in [-0.2, 0) is 6.61 Å². The second kappa shape index (κ2) is 10.4. The SMILES string of the molecule is N#CC1=C(N)Oc2cc(OC(=O)c3ccc(F)cc3)ccc2C1c1cccc(OCc2ccc(F)cc2)c1. The molecule has 0 radical (unpaired) electrons. The van der Waals surface area contributed by atoms with Crippen LogP contribution in [0.15, 0.2) is 102 Å². The van der Waals surface area contributed by atoms with Gasteiger partial charge in [-0.2, -0.15) is 5.26 Å². The van der Waals surface area contributed by atoms with Gasteiger partial charge in [0.1, 0.15) is 47.1 Å². The number of halogens is 2. The Morgan fingerprint density at radius 2 is 1.63 bits per heavy atom. The molecule has 6 nitrogen and oxygen atoms in total. The molecule has 0 fully saturated rings. The molecule has 38 heavy (non-hydrogen) atoms. The second-order valence-corrected chi connectivity index (χ2v) is 8.51. The van der Waals surface area contributed by atoms with Gasteiger partial charge in [-0.1, -0.05) is 30.3 Å². The zero-order chi connectivity index (χ0) is 26.6. The van der Waals surface area contributed by atoms with Gasteiger partial charge in [0.15, 0.2) is 0 Å². The Morgan fingerprint density at radius 3 is 2.34 bits per heavy atom. The lowest BCUT2D eigenvalue weighted by atomic mass is 9.83. The van der Waals surface area contributed by atoms with Crippen molar-refractivity contribution in [2.75, 3.05) is 0 Å². The number of ether oxygens (including phenoxy) is 3. The van der Waals surface area contributed by atoms with Gasteiger partial charge in [-0.05, 0) is 65.7 Å². The van der Waals surface area contributed by atoms with E-state index in [1.165, 1.54) is 42.5 Å². The first-order chi connectivity index (χ1) is 18.4. The first-order valence-corrected chi connectivity index (χ1v) is 11.6. The van der Waals surface area contributed by atoms with Crippen molar-refractivity contribution in [1.82, 2.24) is 0 Å². The molecule has 0 aromatic heterocycles. The summed E-state index contributed by atoms with van der Waals surface area (Å²) in [6.07, 6.45) is 0. The topological polar surface area (TPSA) is 94.6 Å². The second-order valence-electron chi connectivity index (χ2n) is 8.51. The number of hydrogen-bond acceptors (Lipinski definition) is 6. The lowest BCUT2D eigenvalue weighted by molar-refractivity contribution is 0.0734. The van der Waals surface area contributed by atoms with Gasteiger partial charge in [0.05, 0.1) is 11.5 Å². The van der Waals surface area contributed by atoms with E-state index in [0.717, 1.165) is 11.1 Å². The predicted molar refractivity (Wildman–Crippen MR) is 134 cm³/mol. The van der Waals surface area contributed by atoms with Crippen molar-refractivity contribution in [1.29, 1.82) is 5.26 Å². The summed E-state index contributed by atoms with van der Waals surface area (Å²) < 4.78 is 43.4. The van der Waals surface area contributed by atoms with E-state index in [1.54, 1.807) is 42.5 Å². The Hall–Kier alpha value is -5.16. The Morgan fingerprint density at radius 1 is 0.921 bits per heavy atom. The third-order valence-corrected chi connectivity index (χ3v) is 5.99. The molecule has 0 aliphatic carbocycles. The summed E-state index contributed by atoms with van der Waals surface area (Å²) in [6, 6.07) is 25.2. The van der Waals surface area contributed by atoms with E-state index in [1.807, 2.05) is 6.07 Å². The molecule has 1 unspecified atom stereocenters. The monoisotopic (exact) mass is 510 g/mol. The average molecular weight is 510 g/mol. The maximum atomic E-state index is 13.2. The van der Waals surface area contributed by atoms with Gasteiger partial charge in [0, 0.05) is 11.6 Å². The summed E-state index contributed by atoms with van der Waals surface area (Å²) in [5, 5.41) is 9.86. The highest BCUT2D eigenvalue weighted by molar-refractivity contribution is 5.91. The summed E-state index contributed by atoms with van der Waals surface area (Å²) in [7, 11) is 0. The van der Waals surface area contributed by atoms with Crippen LogP contribution in [-0.4, -0.2) is 5.97 Å². The standard InChI is InChI=1S/C30H20F2N2O4/c31-21-8-4-18(5-9-21)17-36-23-3-1-2-20(14-23)28-25-13-12-24(15-27(25)38-29(34)26(28)16-33)37-30(35)19-6-10-22(32)11-7-19/h1-15,28H,17,34H2. The third kappa shape index (κ3) is 5.18. The number of allylic oxidation sites excluding steroid dienone is 1. The number of fused-ring (bicyclic) bond motifs is 1. The molecule has 1 atom stereocenters. The third-order valence-electron chi connectivity index (χ3n) is 5.99. The van der Waals surface area contributed by atoms with E-state index in [9.17, 15) is 18.8 Å². The van der Waals surface area contributed by atoms with Gasteiger partial charge in [-0.25, -0.2) is 13.6 Å². The maximum absolute atomic E-state index is 13.2. The van der Waals surface area contributed by atoms with E-state index >= 15 is 0 Å². The molecular weight excluding hydrogens is 490 g/mol. The summed E-state index contributed by atoms with van der Waals surface area (Å²) in [6.45, 7) is 0.236. The fourth-order valence-electron chi connectivity index (χ4n) is 4.13. The van der Waals surface area contributed by atoms with Crippen molar-refractivity contribution in [2.45, 2.75) is 12.5 Å². The number of carbonyl (C=O) groups excluding carboxylic acids is 1. The van der Waals surface area contributed by atoms with Crippen molar-refractivity contribution in [3.63, 3.8) is 0 Å². The Labute approximate surface area is 217 Å². The highest BCUT2D eigenvalue weighted by Crippen LogP contribution is 2.44. The average Bonchev–Trinajstić information content (AvgIpc) is 2.92. The first-order valence-electron chi connectivity index (χ1n) is 11.6. The van der Waals surface area contributed by atoms with Crippen LogP contribution in [0.25, 0.3) is 0 Å². The van der Waals surface area contributed by atoms with Gasteiger partial charge >= 0.3 is 5.97 Å². The van der Waals surface area contributed by atoms with Crippen LogP contribution in [0.4, 0.5) is 8.78 Å². The minimum absolute atomic E-state index is 0.0651. The minimum Gasteiger partial charge on any atom is -0.489 e. The molecule has 2 N–H and O–H groups in total. The number of carbonyl (C=O) groups is 1. The van der Waals surface area contributed by atoms with Crippen molar-refractivity contribution in [3.8, 4) is 23.3 Å². The number of rotatable bonds is 6. The zero-order valence-electron chi connectivity index (χ0n) is 19.9. The number of benzene rings is 4. The predicted octanol–water partition coefficient (Wildman–Crippen LogP) is 5.98. The molecule has 5 rings (SSSR count). The van der Waals surface area contributed by atoms with Gasteiger partial charge < -0.3 is 19.9 Å². The zero-order valence-corrected chi connectivity index (χ0v) is 19.9. The molecule has 4 aromatic carbocycles. The highest BCUT2D eigenvalue weighted by Gasteiger charge is 2.31. The summed E-state index contributed by atoms with van der Waals surface area (Å²) in [5.41, 5.74) is 8.70. The van der Waals surface area contributed by atoms with E-state index in [2.05, 4.69) is 6.07 Å². The van der Waals surface area contributed by atoms with Crippen LogP contribution in [0.2, 0.25) is 0 Å². The van der Waals surface area contributed by atoms with Crippen molar-refractivity contribution >= 4 is 5.97 Å². The molecular formula is C30H20F2N2O4. The Balaban J connectivity index is 1.41. The summed E-state index contributed by atoms with van der Waals surface area (Å²) in [5.74, 6) is -0.990. The van der Waals surface area contributed by atoms with Crippen LogP contribution in [0.3, 0.4) is 0 Å². The van der Waals surface area contributed by atoms with Gasteiger partial charge in [-0.3, -0.25) is 0 Å². The molecule has 0 saturated carbocycles. The highest BCUT2D eigenvalue weighted by atomic mass is 19.1. The van der Waals surface area contributed by atoms with E-state index in [-0.39, 0.29) is 35.2 Å². The van der Waals surface area contributed by atoms with Crippen LogP contribution in [0.1, 0.15) is 33.0 Å². The number of nitrogens with zero attached hydrogens (tertiary/aromatic N) is 1. The molecule has 4 aromatic rings. The normalized spacial score (nSPS) is 14.2. The quantitative estimate of drug-likeness (QED) is 0.253. The Bertz CT molecular complexity index is 1580. The van der Waals surface area contributed by atoms with Gasteiger partial charge in [0.2, 0.25) is 5.88 Å². The lowest BCUT2D eigenvalue weighted by Crippen LogP contribution is -2.21. The molecule has 0 spiro atoms. The van der Waals surface area contributed by atoms with Crippen LogP contribution in [0, 0.1) is 23.0 Å². The number of hydrogen-bond donors (Lipinski definition) is 1. The first kappa shape index (κ1) is 24.5. The number of esters is 1. The fourth-order valence-corrected chi connectivity index (χ4v) is 4.13. The smallest absolute Gasteiger partial charge is 0.343 e. The van der Waals surface area contributed by atoms with Crippen LogP contribution < -0.4 is 19.9 Å². The van der Waals surface area contributed by atoms with Gasteiger partial charge in [0.25, 0.3) is 0 Å². The Kier molecular flexibility index (Phi) is 6.74. The fraction of sp³-hybridized carbons (Fsp3) is 0.0667. The van der Waals surface area contributed by atoms with E-state index in [0.29, 0.717) is 17.1 Å². The molecule has 0 saturated heterocycles. The van der Waals surface area contributed by atoms with Crippen molar-refractivity contribution < 1.29 is 27.8 Å².